The molecule has 192 valence electrons. The van der Waals surface area contributed by atoms with E-state index in [2.05, 4.69) is 24.3 Å². The maximum absolute atomic E-state index is 13.0. The topological polar surface area (TPSA) is 55.8 Å². The third kappa shape index (κ3) is 5.83. The quantitative estimate of drug-likeness (QED) is 0.201. The smallest absolute Gasteiger partial charge is 0.293 e. The fourth-order valence-electron chi connectivity index (χ4n) is 4.10. The molecule has 4 aromatic rings. The summed E-state index contributed by atoms with van der Waals surface area (Å²) < 4.78 is 11.9. The number of nitrogens with zero attached hydrogens (tertiary/aromatic N) is 1. The number of hydrogen-bond acceptors (Lipinski definition) is 5. The molecule has 1 heterocycles. The molecule has 0 bridgehead atoms. The Morgan fingerprint density at radius 1 is 0.816 bits per heavy atom. The molecule has 0 unspecified atom stereocenters. The van der Waals surface area contributed by atoms with Gasteiger partial charge in [-0.15, -0.1) is 0 Å². The average molecular weight is 564 g/mol. The zero-order valence-corrected chi connectivity index (χ0v) is 22.8. The molecular weight excluding hydrogens is 541 g/mol. The van der Waals surface area contributed by atoms with Crippen molar-refractivity contribution in [3.63, 3.8) is 0 Å². The van der Waals surface area contributed by atoms with E-state index in [-0.39, 0.29) is 17.7 Å². The largest absolute Gasteiger partial charge is 0.490 e. The number of benzene rings is 4. The van der Waals surface area contributed by atoms with E-state index in [1.54, 1.807) is 24.3 Å². The summed E-state index contributed by atoms with van der Waals surface area (Å²) in [5, 5.41) is 2.78. The summed E-state index contributed by atoms with van der Waals surface area (Å²) >= 11 is 13.0. The summed E-state index contributed by atoms with van der Waals surface area (Å²) in [6.07, 6.45) is 1.69. The minimum atomic E-state index is -0.360. The second-order valence-corrected chi connectivity index (χ2v) is 10.4. The van der Waals surface area contributed by atoms with Crippen molar-refractivity contribution in [1.82, 2.24) is 4.90 Å². The second-order valence-electron chi connectivity index (χ2n) is 8.63. The van der Waals surface area contributed by atoms with Crippen LogP contribution in [-0.2, 0) is 17.9 Å². The first kappa shape index (κ1) is 26.2. The number of carbonyl (C=O) groups is 2. The van der Waals surface area contributed by atoms with Gasteiger partial charge in [0.2, 0.25) is 0 Å². The van der Waals surface area contributed by atoms with Gasteiger partial charge >= 0.3 is 0 Å². The molecule has 1 aliphatic rings. The monoisotopic (exact) mass is 563 g/mol. The summed E-state index contributed by atoms with van der Waals surface area (Å²) in [7, 11) is 0. The highest BCUT2D eigenvalue weighted by Crippen LogP contribution is 2.36. The molecule has 0 saturated carbocycles. The highest BCUT2D eigenvalue weighted by atomic mass is 35.5. The van der Waals surface area contributed by atoms with Crippen LogP contribution in [0, 0.1) is 0 Å². The van der Waals surface area contributed by atoms with Gasteiger partial charge in [0.05, 0.1) is 28.1 Å². The van der Waals surface area contributed by atoms with Crippen molar-refractivity contribution in [2.24, 2.45) is 0 Å². The molecule has 0 N–H and O–H groups in total. The van der Waals surface area contributed by atoms with Crippen LogP contribution in [0.25, 0.3) is 16.8 Å². The van der Waals surface area contributed by atoms with Gasteiger partial charge in [0.1, 0.15) is 6.61 Å². The summed E-state index contributed by atoms with van der Waals surface area (Å²) in [5.74, 6) is 0.808. The van der Waals surface area contributed by atoms with Crippen LogP contribution in [0.5, 0.6) is 11.5 Å². The number of amides is 2. The Bertz CT molecular complexity index is 1570. The summed E-state index contributed by atoms with van der Waals surface area (Å²) in [6.45, 7) is 2.85. The number of fused-ring (bicyclic) bond motifs is 1. The van der Waals surface area contributed by atoms with Crippen molar-refractivity contribution in [3.05, 3.63) is 111 Å². The Balaban J connectivity index is 1.31. The van der Waals surface area contributed by atoms with Gasteiger partial charge < -0.3 is 9.47 Å². The van der Waals surface area contributed by atoms with Crippen molar-refractivity contribution >= 4 is 63.0 Å². The predicted octanol–water partition coefficient (Wildman–Crippen LogP) is 8.36. The summed E-state index contributed by atoms with van der Waals surface area (Å²) in [6, 6.07) is 24.9. The maximum Gasteiger partial charge on any atom is 0.293 e. The fourth-order valence-corrected chi connectivity index (χ4v) is 5.26. The van der Waals surface area contributed by atoms with E-state index in [1.807, 2.05) is 43.3 Å². The van der Waals surface area contributed by atoms with Gasteiger partial charge in [0, 0.05) is 0 Å². The van der Waals surface area contributed by atoms with E-state index in [1.165, 1.54) is 10.3 Å². The lowest BCUT2D eigenvalue weighted by atomic mass is 10.1. The third-order valence-corrected chi connectivity index (χ3v) is 7.62. The molecule has 1 saturated heterocycles. The van der Waals surface area contributed by atoms with E-state index in [0.29, 0.717) is 39.7 Å². The normalized spacial score (nSPS) is 14.5. The fraction of sp³-hybridized carbons (Fsp3) is 0.133. The van der Waals surface area contributed by atoms with Crippen LogP contribution in [0.2, 0.25) is 10.0 Å². The first-order valence-corrected chi connectivity index (χ1v) is 13.5. The Morgan fingerprint density at radius 3 is 2.39 bits per heavy atom. The van der Waals surface area contributed by atoms with Gasteiger partial charge in [0.15, 0.2) is 11.5 Å². The molecule has 1 fully saturated rings. The van der Waals surface area contributed by atoms with Crippen molar-refractivity contribution in [2.75, 3.05) is 6.61 Å². The zero-order valence-electron chi connectivity index (χ0n) is 20.4. The first-order valence-electron chi connectivity index (χ1n) is 12.0. The van der Waals surface area contributed by atoms with E-state index in [4.69, 9.17) is 32.7 Å². The van der Waals surface area contributed by atoms with Gasteiger partial charge in [-0.2, -0.15) is 0 Å². The minimum Gasteiger partial charge on any atom is -0.490 e. The standard InChI is InChI=1S/C30H23Cl2NO4S/c1-2-36-27-15-19(9-12-26(27)37-18-21-7-10-22-5-3-4-6-23(22)13-21)16-28-29(34)33(30(35)38-28)17-20-8-11-24(31)25(32)14-20/h3-16H,2,17-18H2,1H3/b28-16+. The lowest BCUT2D eigenvalue weighted by molar-refractivity contribution is -0.123. The molecule has 1 aliphatic heterocycles. The molecule has 8 heteroatoms. The van der Waals surface area contributed by atoms with Crippen LogP contribution < -0.4 is 9.47 Å². The van der Waals surface area contributed by atoms with Gasteiger partial charge in [-0.1, -0.05) is 71.7 Å². The van der Waals surface area contributed by atoms with Gasteiger partial charge in [-0.05, 0) is 82.6 Å². The maximum atomic E-state index is 13.0. The molecule has 5 nitrogen and oxygen atoms in total. The average Bonchev–Trinajstić information content (AvgIpc) is 3.17. The van der Waals surface area contributed by atoms with E-state index in [9.17, 15) is 9.59 Å². The minimum absolute atomic E-state index is 0.116. The van der Waals surface area contributed by atoms with E-state index < -0.39 is 0 Å². The predicted molar refractivity (Wildman–Crippen MR) is 154 cm³/mol. The number of halogens is 2. The molecule has 2 amide bonds. The Hall–Kier alpha value is -3.45. The van der Waals surface area contributed by atoms with E-state index >= 15 is 0 Å². The Morgan fingerprint density at radius 2 is 1.61 bits per heavy atom. The number of thioether (sulfide) groups is 1. The first-order chi connectivity index (χ1) is 18.4. The summed E-state index contributed by atoms with van der Waals surface area (Å²) in [5.41, 5.74) is 2.49. The summed E-state index contributed by atoms with van der Waals surface area (Å²) in [4.78, 5) is 27.1. The lowest BCUT2D eigenvalue weighted by Crippen LogP contribution is -2.27. The van der Waals surface area contributed by atoms with Crippen LogP contribution in [0.1, 0.15) is 23.6 Å². The van der Waals surface area contributed by atoms with Crippen LogP contribution in [0.3, 0.4) is 0 Å². The van der Waals surface area contributed by atoms with Crippen molar-refractivity contribution in [3.8, 4) is 11.5 Å². The van der Waals surface area contributed by atoms with Crippen molar-refractivity contribution in [2.45, 2.75) is 20.1 Å². The molecular formula is C30H23Cl2NO4S. The molecule has 0 radical (unpaired) electrons. The molecule has 4 aromatic carbocycles. The number of imide groups is 1. The number of hydrogen-bond donors (Lipinski definition) is 0. The Kier molecular flexibility index (Phi) is 7.93. The molecule has 0 aliphatic carbocycles. The number of rotatable bonds is 8. The zero-order chi connectivity index (χ0) is 26.6. The SMILES string of the molecule is CCOc1cc(/C=C2/SC(=O)N(Cc3ccc(Cl)c(Cl)c3)C2=O)ccc1OCc1ccc2ccccc2c1. The third-order valence-electron chi connectivity index (χ3n) is 5.97. The highest BCUT2D eigenvalue weighted by molar-refractivity contribution is 8.18. The Labute approximate surface area is 234 Å². The van der Waals surface area contributed by atoms with Crippen LogP contribution in [-0.4, -0.2) is 22.7 Å². The molecule has 0 spiro atoms. The molecule has 0 aromatic heterocycles. The van der Waals surface area contributed by atoms with Crippen molar-refractivity contribution in [1.29, 1.82) is 0 Å². The second kappa shape index (κ2) is 11.5. The number of carbonyl (C=O) groups excluding carboxylic acids is 2. The van der Waals surface area contributed by atoms with Gasteiger partial charge in [-0.25, -0.2) is 0 Å². The molecule has 38 heavy (non-hydrogen) atoms. The van der Waals surface area contributed by atoms with Gasteiger partial charge in [-0.3, -0.25) is 14.5 Å². The number of ether oxygens (including phenoxy) is 2. The van der Waals surface area contributed by atoms with Crippen LogP contribution in [0.4, 0.5) is 4.79 Å². The lowest BCUT2D eigenvalue weighted by Gasteiger charge is -2.14. The molecule has 0 atom stereocenters. The molecule has 5 rings (SSSR count). The van der Waals surface area contributed by atoms with Crippen LogP contribution in [0.15, 0.2) is 83.8 Å². The highest BCUT2D eigenvalue weighted by Gasteiger charge is 2.35. The van der Waals surface area contributed by atoms with Crippen LogP contribution >= 0.6 is 35.0 Å². The van der Waals surface area contributed by atoms with Crippen molar-refractivity contribution < 1.29 is 19.1 Å². The van der Waals surface area contributed by atoms with Gasteiger partial charge in [0.25, 0.3) is 11.1 Å². The van der Waals surface area contributed by atoms with E-state index in [0.717, 1.165) is 33.8 Å².